The average molecular weight is 476 g/mol. The Bertz CT molecular complexity index is 1230. The standard InChI is InChI=1S/C26H24N2O7/c1-34-14-22(24(30)27-21-12-15(25(31)32)10-11-23(21)29)28-26(33)35-13-20-18-8-4-2-6-16(18)17-7-3-5-9-19(17)20/h2-12,20,22,29H,13-14H2,1H3,(H,27,30)(H,28,33)(H,31,32). The van der Waals surface area contributed by atoms with E-state index in [1.807, 2.05) is 48.5 Å². The Morgan fingerprint density at radius 3 is 2.20 bits per heavy atom. The molecule has 1 aliphatic carbocycles. The number of carbonyl (C=O) groups excluding carboxylic acids is 2. The number of methoxy groups -OCH3 is 1. The number of carboxylic acid groups (broad SMARTS) is 1. The molecule has 4 N–H and O–H groups in total. The molecule has 0 saturated heterocycles. The van der Waals surface area contributed by atoms with Gasteiger partial charge in [-0.05, 0) is 40.5 Å². The van der Waals surface area contributed by atoms with Gasteiger partial charge in [0, 0.05) is 13.0 Å². The van der Waals surface area contributed by atoms with Crippen LogP contribution in [0.5, 0.6) is 5.75 Å². The van der Waals surface area contributed by atoms with Crippen LogP contribution in [-0.4, -0.2) is 54.5 Å². The van der Waals surface area contributed by atoms with Crippen LogP contribution in [0.4, 0.5) is 10.5 Å². The van der Waals surface area contributed by atoms with Crippen LogP contribution in [0.1, 0.15) is 27.4 Å². The van der Waals surface area contributed by atoms with Gasteiger partial charge in [-0.1, -0.05) is 48.5 Å². The van der Waals surface area contributed by atoms with E-state index < -0.39 is 24.0 Å². The number of aromatic hydroxyl groups is 1. The van der Waals surface area contributed by atoms with Crippen LogP contribution in [0, 0.1) is 0 Å². The van der Waals surface area contributed by atoms with Crippen LogP contribution in [0.15, 0.2) is 66.7 Å². The van der Waals surface area contributed by atoms with Crippen molar-refractivity contribution in [3.63, 3.8) is 0 Å². The normalized spacial score (nSPS) is 12.8. The molecule has 4 rings (SSSR count). The van der Waals surface area contributed by atoms with Gasteiger partial charge < -0.3 is 30.3 Å². The molecule has 9 nitrogen and oxygen atoms in total. The molecular weight excluding hydrogens is 452 g/mol. The zero-order chi connectivity index (χ0) is 24.9. The number of aromatic carboxylic acids is 1. The predicted molar refractivity (Wildman–Crippen MR) is 128 cm³/mol. The Morgan fingerprint density at radius 1 is 0.971 bits per heavy atom. The van der Waals surface area contributed by atoms with E-state index in [1.54, 1.807) is 0 Å². The quantitative estimate of drug-likeness (QED) is 0.365. The number of hydrogen-bond donors (Lipinski definition) is 4. The fourth-order valence-electron chi connectivity index (χ4n) is 4.12. The number of phenols is 1. The number of rotatable bonds is 8. The van der Waals surface area contributed by atoms with Gasteiger partial charge in [-0.2, -0.15) is 0 Å². The molecule has 0 radical (unpaired) electrons. The summed E-state index contributed by atoms with van der Waals surface area (Å²) < 4.78 is 10.5. The average Bonchev–Trinajstić information content (AvgIpc) is 3.17. The molecule has 3 aromatic rings. The van der Waals surface area contributed by atoms with Gasteiger partial charge in [-0.25, -0.2) is 9.59 Å². The molecule has 35 heavy (non-hydrogen) atoms. The fraction of sp³-hybridized carbons (Fsp3) is 0.192. The Balaban J connectivity index is 1.42. The van der Waals surface area contributed by atoms with Crippen molar-refractivity contribution < 1.29 is 34.1 Å². The number of fused-ring (bicyclic) bond motifs is 3. The number of benzene rings is 3. The highest BCUT2D eigenvalue weighted by molar-refractivity contribution is 5.99. The molecule has 3 aromatic carbocycles. The molecule has 2 amide bonds. The van der Waals surface area contributed by atoms with Crippen molar-refractivity contribution in [2.24, 2.45) is 0 Å². The number of ether oxygens (including phenoxy) is 2. The van der Waals surface area contributed by atoms with Crippen molar-refractivity contribution in [3.8, 4) is 16.9 Å². The molecule has 0 spiro atoms. The second kappa shape index (κ2) is 10.3. The Morgan fingerprint density at radius 2 is 1.60 bits per heavy atom. The van der Waals surface area contributed by atoms with Crippen LogP contribution in [0.2, 0.25) is 0 Å². The van der Waals surface area contributed by atoms with Crippen molar-refractivity contribution >= 4 is 23.7 Å². The fourth-order valence-corrected chi connectivity index (χ4v) is 4.12. The largest absolute Gasteiger partial charge is 0.506 e. The lowest BCUT2D eigenvalue weighted by atomic mass is 9.98. The van der Waals surface area contributed by atoms with Crippen molar-refractivity contribution in [1.29, 1.82) is 0 Å². The van der Waals surface area contributed by atoms with Crippen molar-refractivity contribution in [3.05, 3.63) is 83.4 Å². The molecule has 180 valence electrons. The molecule has 0 fully saturated rings. The lowest BCUT2D eigenvalue weighted by Crippen LogP contribution is -2.47. The van der Waals surface area contributed by atoms with Crippen LogP contribution < -0.4 is 10.6 Å². The first-order valence-corrected chi connectivity index (χ1v) is 10.9. The van der Waals surface area contributed by atoms with E-state index in [-0.39, 0.29) is 36.1 Å². The SMILES string of the molecule is COCC(NC(=O)OCC1c2ccccc2-c2ccccc21)C(=O)Nc1cc(C(=O)O)ccc1O. The van der Waals surface area contributed by atoms with Gasteiger partial charge in [-0.15, -0.1) is 0 Å². The maximum Gasteiger partial charge on any atom is 0.407 e. The number of nitrogens with one attached hydrogen (secondary N) is 2. The van der Waals surface area contributed by atoms with Gasteiger partial charge in [0.1, 0.15) is 18.4 Å². The van der Waals surface area contributed by atoms with Gasteiger partial charge in [0.15, 0.2) is 0 Å². The van der Waals surface area contributed by atoms with E-state index in [9.17, 15) is 19.5 Å². The maximum atomic E-state index is 12.7. The number of alkyl carbamates (subject to hydrolysis) is 1. The maximum absolute atomic E-state index is 12.7. The Hall–Kier alpha value is -4.37. The van der Waals surface area contributed by atoms with E-state index in [4.69, 9.17) is 14.6 Å². The zero-order valence-corrected chi connectivity index (χ0v) is 18.9. The summed E-state index contributed by atoms with van der Waals surface area (Å²) in [4.78, 5) is 36.5. The summed E-state index contributed by atoms with van der Waals surface area (Å²) in [7, 11) is 1.36. The van der Waals surface area contributed by atoms with Gasteiger partial charge in [0.2, 0.25) is 5.91 Å². The molecule has 0 bridgehead atoms. The molecule has 1 aliphatic rings. The first-order valence-electron chi connectivity index (χ1n) is 10.9. The van der Waals surface area contributed by atoms with Crippen LogP contribution in [0.3, 0.4) is 0 Å². The van der Waals surface area contributed by atoms with Crippen LogP contribution in [0.25, 0.3) is 11.1 Å². The molecule has 0 saturated carbocycles. The molecular formula is C26H24N2O7. The summed E-state index contributed by atoms with van der Waals surface area (Å²) in [5.74, 6) is -2.39. The van der Waals surface area contributed by atoms with Crippen LogP contribution >= 0.6 is 0 Å². The third-order valence-electron chi connectivity index (χ3n) is 5.79. The summed E-state index contributed by atoms with van der Waals surface area (Å²) in [5.41, 5.74) is 4.08. The second-order valence-electron chi connectivity index (χ2n) is 8.00. The lowest BCUT2D eigenvalue weighted by molar-refractivity contribution is -0.119. The number of amides is 2. The van der Waals surface area contributed by atoms with E-state index in [1.165, 1.54) is 13.2 Å². The van der Waals surface area contributed by atoms with E-state index in [0.717, 1.165) is 34.4 Å². The van der Waals surface area contributed by atoms with Gasteiger partial charge in [0.25, 0.3) is 0 Å². The van der Waals surface area contributed by atoms with Crippen LogP contribution in [-0.2, 0) is 14.3 Å². The smallest absolute Gasteiger partial charge is 0.407 e. The molecule has 1 atom stereocenters. The highest BCUT2D eigenvalue weighted by Crippen LogP contribution is 2.44. The van der Waals surface area contributed by atoms with Crippen molar-refractivity contribution in [1.82, 2.24) is 5.32 Å². The van der Waals surface area contributed by atoms with E-state index >= 15 is 0 Å². The summed E-state index contributed by atoms with van der Waals surface area (Å²) >= 11 is 0. The number of phenolic OH excluding ortho intramolecular Hbond substituents is 1. The second-order valence-corrected chi connectivity index (χ2v) is 8.00. The summed E-state index contributed by atoms with van der Waals surface area (Å²) in [6.45, 7) is -0.0992. The molecule has 0 heterocycles. The topological polar surface area (TPSA) is 134 Å². The Kier molecular flexibility index (Phi) is 6.98. The number of hydrogen-bond acceptors (Lipinski definition) is 6. The molecule has 0 aliphatic heterocycles. The molecule has 0 aromatic heterocycles. The minimum absolute atomic E-state index is 0.0720. The zero-order valence-electron chi connectivity index (χ0n) is 18.9. The summed E-state index contributed by atoms with van der Waals surface area (Å²) in [5, 5.41) is 24.0. The highest BCUT2D eigenvalue weighted by Gasteiger charge is 2.30. The van der Waals surface area contributed by atoms with Crippen molar-refractivity contribution in [2.45, 2.75) is 12.0 Å². The first-order chi connectivity index (χ1) is 16.9. The summed E-state index contributed by atoms with van der Waals surface area (Å²) in [6, 6.07) is 18.2. The summed E-state index contributed by atoms with van der Waals surface area (Å²) in [6.07, 6.45) is -0.812. The monoisotopic (exact) mass is 476 g/mol. The highest BCUT2D eigenvalue weighted by atomic mass is 16.5. The third kappa shape index (κ3) is 5.10. The molecule has 1 unspecified atom stereocenters. The minimum atomic E-state index is -1.22. The van der Waals surface area contributed by atoms with Crippen molar-refractivity contribution in [2.75, 3.05) is 25.6 Å². The third-order valence-corrected chi connectivity index (χ3v) is 5.79. The van der Waals surface area contributed by atoms with Gasteiger partial charge in [0.05, 0.1) is 17.9 Å². The Labute approximate surface area is 201 Å². The van der Waals surface area contributed by atoms with E-state index in [0.29, 0.717) is 0 Å². The first kappa shape index (κ1) is 23.8. The van der Waals surface area contributed by atoms with E-state index in [2.05, 4.69) is 10.6 Å². The number of carbonyl (C=O) groups is 3. The number of anilines is 1. The minimum Gasteiger partial charge on any atom is -0.506 e. The predicted octanol–water partition coefficient (Wildman–Crippen LogP) is 3.58. The lowest BCUT2D eigenvalue weighted by Gasteiger charge is -2.19. The molecule has 9 heteroatoms. The van der Waals surface area contributed by atoms with Gasteiger partial charge in [-0.3, -0.25) is 4.79 Å². The van der Waals surface area contributed by atoms with Gasteiger partial charge >= 0.3 is 12.1 Å². The number of carboxylic acids is 1.